The second-order valence-corrected chi connectivity index (χ2v) is 11.3. The van der Waals surface area contributed by atoms with Gasteiger partial charge < -0.3 is 30.2 Å². The minimum absolute atomic E-state index is 0.0585. The lowest BCUT2D eigenvalue weighted by Crippen LogP contribution is -2.32. The third kappa shape index (κ3) is 4.97. The maximum absolute atomic E-state index is 13.5. The number of hydrogen-bond acceptors (Lipinski definition) is 8. The topological polar surface area (TPSA) is 146 Å². The van der Waals surface area contributed by atoms with Crippen LogP contribution >= 0.6 is 0 Å². The number of aliphatic hydroxyl groups is 1. The van der Waals surface area contributed by atoms with Gasteiger partial charge in [0.05, 0.1) is 42.2 Å². The molecule has 0 bridgehead atoms. The Balaban J connectivity index is 1.24. The number of aliphatic hydroxyl groups excluding tert-OH is 1. The third-order valence-corrected chi connectivity index (χ3v) is 8.79. The molecule has 1 unspecified atom stereocenters. The quantitative estimate of drug-likeness (QED) is 0.104. The van der Waals surface area contributed by atoms with Gasteiger partial charge in [-0.2, -0.15) is 0 Å². The predicted octanol–water partition coefficient (Wildman–Crippen LogP) is 3.49. The first-order valence-corrected chi connectivity index (χ1v) is 15.0. The molecule has 10 heteroatoms. The van der Waals surface area contributed by atoms with Crippen molar-refractivity contribution >= 4 is 33.6 Å². The summed E-state index contributed by atoms with van der Waals surface area (Å²) < 4.78 is 12.2. The Morgan fingerprint density at radius 3 is 2.64 bits per heavy atom. The number of pyridine rings is 2. The molecule has 5 aromatic rings. The molecule has 2 aliphatic heterocycles. The van der Waals surface area contributed by atoms with Crippen LogP contribution in [-0.2, 0) is 45.1 Å². The maximum atomic E-state index is 13.5. The van der Waals surface area contributed by atoms with E-state index in [1.165, 1.54) is 0 Å². The van der Waals surface area contributed by atoms with Crippen LogP contribution in [0, 0.1) is 0 Å². The van der Waals surface area contributed by atoms with E-state index in [1.807, 2.05) is 6.07 Å². The number of ether oxygens (including phenoxy) is 2. The Morgan fingerprint density at radius 1 is 1.09 bits per heavy atom. The molecule has 10 nitrogen and oxygen atoms in total. The molecule has 45 heavy (non-hydrogen) atoms. The number of hydrogen-bond donors (Lipinski definition) is 3. The van der Waals surface area contributed by atoms with Crippen LogP contribution in [0.5, 0.6) is 0 Å². The summed E-state index contributed by atoms with van der Waals surface area (Å²) in [6.07, 6.45) is -0.0264. The van der Waals surface area contributed by atoms with Gasteiger partial charge in [0.25, 0.3) is 5.56 Å². The Labute approximate surface area is 258 Å². The Hall–Kier alpha value is -4.90. The first-order valence-electron chi connectivity index (χ1n) is 15.0. The Morgan fingerprint density at radius 2 is 1.87 bits per heavy atom. The summed E-state index contributed by atoms with van der Waals surface area (Å²) in [4.78, 5) is 41.8. The summed E-state index contributed by atoms with van der Waals surface area (Å²) in [7, 11) is 0. The molecule has 0 saturated heterocycles. The number of benzene rings is 3. The van der Waals surface area contributed by atoms with Gasteiger partial charge in [-0.1, -0.05) is 49.4 Å². The number of fused-ring (bicyclic) bond motifs is 7. The van der Waals surface area contributed by atoms with Gasteiger partial charge in [-0.3, -0.25) is 9.59 Å². The monoisotopic (exact) mass is 604 g/mol. The molecule has 0 fully saturated rings. The van der Waals surface area contributed by atoms with Crippen LogP contribution in [0.25, 0.3) is 44.2 Å². The SMILES string of the molecule is CCc1c2c(nc3ccc4ccc(-c5ccc(CCOCNC(=O)CN)cc5)cc4c13)-c1cc3c(c(=O)n1C2)COC(=O)C3O. The van der Waals surface area contributed by atoms with Crippen molar-refractivity contribution in [1.82, 2.24) is 14.9 Å². The first-order chi connectivity index (χ1) is 21.9. The molecule has 3 aromatic carbocycles. The minimum Gasteiger partial charge on any atom is -0.458 e. The lowest BCUT2D eigenvalue weighted by molar-refractivity contribution is -0.157. The normalized spacial score (nSPS) is 15.1. The van der Waals surface area contributed by atoms with Gasteiger partial charge in [0.1, 0.15) is 13.3 Å². The molecule has 4 heterocycles. The van der Waals surface area contributed by atoms with Crippen molar-refractivity contribution in [2.45, 2.75) is 39.0 Å². The molecule has 2 aliphatic rings. The van der Waals surface area contributed by atoms with Crippen LogP contribution in [0.4, 0.5) is 0 Å². The van der Waals surface area contributed by atoms with Crippen LogP contribution in [0.2, 0.25) is 0 Å². The van der Waals surface area contributed by atoms with Gasteiger partial charge in [0.2, 0.25) is 5.91 Å². The fourth-order valence-electron chi connectivity index (χ4n) is 6.44. The van der Waals surface area contributed by atoms with Crippen molar-refractivity contribution < 1.29 is 24.2 Å². The standard InChI is InChI=1S/C35H32N4O6/c1-2-23-26-16-39-29(14-25-27(34(39)42)17-45-35(43)33(25)41)32(26)38-28-10-9-21-7-8-22(13-24(21)31(23)28)20-5-3-19(4-6-20)11-12-44-18-37-30(40)15-36/h3-10,13-14,33,41H,2,11-12,15-18,36H2,1H3,(H,37,40). The summed E-state index contributed by atoms with van der Waals surface area (Å²) in [5, 5.41) is 16.3. The lowest BCUT2D eigenvalue weighted by atomic mass is 9.92. The molecule has 2 aromatic heterocycles. The van der Waals surface area contributed by atoms with Crippen LogP contribution < -0.4 is 16.6 Å². The number of aryl methyl sites for hydroxylation is 1. The molecule has 4 N–H and O–H groups in total. The van der Waals surface area contributed by atoms with Crippen LogP contribution in [-0.4, -0.2) is 46.4 Å². The van der Waals surface area contributed by atoms with E-state index in [4.69, 9.17) is 20.2 Å². The maximum Gasteiger partial charge on any atom is 0.340 e. The van der Waals surface area contributed by atoms with Gasteiger partial charge in [0.15, 0.2) is 6.10 Å². The van der Waals surface area contributed by atoms with E-state index in [9.17, 15) is 19.5 Å². The Bertz CT molecular complexity index is 2070. The number of carbonyl (C=O) groups excluding carboxylic acids is 2. The van der Waals surface area contributed by atoms with Crippen molar-refractivity contribution in [3.63, 3.8) is 0 Å². The molecule has 228 valence electrons. The lowest BCUT2D eigenvalue weighted by Gasteiger charge is -2.21. The van der Waals surface area contributed by atoms with Crippen molar-refractivity contribution in [2.24, 2.45) is 5.73 Å². The zero-order valence-electron chi connectivity index (χ0n) is 24.8. The van der Waals surface area contributed by atoms with E-state index in [0.717, 1.165) is 55.9 Å². The highest BCUT2D eigenvalue weighted by Crippen LogP contribution is 2.40. The number of rotatable bonds is 8. The number of nitrogens with two attached hydrogens (primary N) is 1. The van der Waals surface area contributed by atoms with Crippen molar-refractivity contribution in [3.8, 4) is 22.5 Å². The second kappa shape index (κ2) is 11.6. The van der Waals surface area contributed by atoms with Crippen molar-refractivity contribution in [2.75, 3.05) is 19.9 Å². The van der Waals surface area contributed by atoms with Gasteiger partial charge in [-0.05, 0) is 64.1 Å². The van der Waals surface area contributed by atoms with E-state index in [-0.39, 0.29) is 31.3 Å². The summed E-state index contributed by atoms with van der Waals surface area (Å²) in [6.45, 7) is 2.90. The molecule has 0 aliphatic carbocycles. The zero-order chi connectivity index (χ0) is 31.2. The van der Waals surface area contributed by atoms with E-state index >= 15 is 0 Å². The third-order valence-electron chi connectivity index (χ3n) is 8.79. The molecule has 0 radical (unpaired) electrons. The fourth-order valence-corrected chi connectivity index (χ4v) is 6.44. The number of aromatic nitrogens is 2. The highest BCUT2D eigenvalue weighted by Gasteiger charge is 2.34. The number of esters is 1. The zero-order valence-corrected chi connectivity index (χ0v) is 24.8. The molecular formula is C35H32N4O6. The van der Waals surface area contributed by atoms with Gasteiger partial charge in [-0.25, -0.2) is 9.78 Å². The highest BCUT2D eigenvalue weighted by atomic mass is 16.5. The summed E-state index contributed by atoms with van der Waals surface area (Å²) >= 11 is 0. The molecule has 7 rings (SSSR count). The highest BCUT2D eigenvalue weighted by molar-refractivity contribution is 6.10. The molecule has 1 amide bonds. The predicted molar refractivity (Wildman–Crippen MR) is 169 cm³/mol. The number of nitrogens with one attached hydrogen (secondary N) is 1. The molecule has 1 atom stereocenters. The van der Waals surface area contributed by atoms with Crippen molar-refractivity contribution in [3.05, 3.63) is 98.8 Å². The largest absolute Gasteiger partial charge is 0.458 e. The van der Waals surface area contributed by atoms with Gasteiger partial charge >= 0.3 is 5.97 Å². The molecule has 0 saturated carbocycles. The average Bonchev–Trinajstić information content (AvgIpc) is 3.43. The number of carbonyl (C=O) groups is 2. The minimum atomic E-state index is -1.48. The van der Waals surface area contributed by atoms with E-state index in [0.29, 0.717) is 42.1 Å². The average molecular weight is 605 g/mol. The number of nitrogens with zero attached hydrogens (tertiary/aromatic N) is 2. The van der Waals surface area contributed by atoms with Crippen LogP contribution in [0.15, 0.2) is 65.5 Å². The molecule has 0 spiro atoms. The number of amides is 1. The van der Waals surface area contributed by atoms with Crippen LogP contribution in [0.1, 0.15) is 40.8 Å². The van der Waals surface area contributed by atoms with Crippen LogP contribution in [0.3, 0.4) is 0 Å². The Kier molecular flexibility index (Phi) is 7.40. The smallest absolute Gasteiger partial charge is 0.340 e. The molecular weight excluding hydrogens is 572 g/mol. The first kappa shape index (κ1) is 28.8. The summed E-state index contributed by atoms with van der Waals surface area (Å²) in [6, 6.07) is 20.6. The van der Waals surface area contributed by atoms with Gasteiger partial charge in [-0.15, -0.1) is 0 Å². The summed E-state index contributed by atoms with van der Waals surface area (Å²) in [5.41, 5.74) is 13.2. The summed E-state index contributed by atoms with van der Waals surface area (Å²) in [5.74, 6) is -0.996. The van der Waals surface area contributed by atoms with E-state index in [1.54, 1.807) is 10.6 Å². The fraction of sp³-hybridized carbons (Fsp3) is 0.257. The van der Waals surface area contributed by atoms with Crippen molar-refractivity contribution in [1.29, 1.82) is 0 Å². The number of cyclic esters (lactones) is 1. The van der Waals surface area contributed by atoms with E-state index in [2.05, 4.69) is 60.8 Å². The second-order valence-electron chi connectivity index (χ2n) is 11.3. The van der Waals surface area contributed by atoms with E-state index < -0.39 is 12.1 Å². The van der Waals surface area contributed by atoms with Gasteiger partial charge in [0, 0.05) is 16.5 Å².